The van der Waals surface area contributed by atoms with E-state index in [2.05, 4.69) is 15.0 Å². The number of halogens is 1. The number of aromatic amines is 1. The highest BCUT2D eigenvalue weighted by molar-refractivity contribution is 5.85. The van der Waals surface area contributed by atoms with E-state index in [1.165, 1.54) is 0 Å². The molecule has 2 aromatic rings. The van der Waals surface area contributed by atoms with Gasteiger partial charge in [0.1, 0.15) is 18.1 Å². The number of carboxylic acids is 1. The molecule has 2 aromatic heterocycles. The molecule has 0 aliphatic carbocycles. The Morgan fingerprint density at radius 1 is 1.41 bits per heavy atom. The molecule has 0 atom stereocenters. The summed E-state index contributed by atoms with van der Waals surface area (Å²) in [5, 5.41) is 8.65. The van der Waals surface area contributed by atoms with Crippen molar-refractivity contribution in [3.8, 4) is 0 Å². The van der Waals surface area contributed by atoms with Crippen molar-refractivity contribution in [2.75, 3.05) is 19.0 Å². The van der Waals surface area contributed by atoms with E-state index in [0.29, 0.717) is 11.5 Å². The third-order valence-corrected chi connectivity index (χ3v) is 2.16. The molecule has 0 amide bonds. The highest BCUT2D eigenvalue weighted by Crippen LogP contribution is 2.14. The summed E-state index contributed by atoms with van der Waals surface area (Å²) >= 11 is 0. The van der Waals surface area contributed by atoms with Gasteiger partial charge in [0, 0.05) is 14.1 Å². The number of nitrogens with zero attached hydrogens (tertiary/aromatic N) is 3. The number of nitrogens with one attached hydrogen (secondary N) is 1. The summed E-state index contributed by atoms with van der Waals surface area (Å²) in [6, 6.07) is 3.70. The van der Waals surface area contributed by atoms with E-state index in [-0.39, 0.29) is 18.8 Å². The number of rotatable bonds is 3. The molecule has 0 bridgehead atoms. The van der Waals surface area contributed by atoms with Crippen molar-refractivity contribution in [3.63, 3.8) is 0 Å². The van der Waals surface area contributed by atoms with Crippen LogP contribution in [0.15, 0.2) is 12.1 Å². The number of hydrogen-bond acceptors (Lipinski definition) is 4. The van der Waals surface area contributed by atoms with Crippen molar-refractivity contribution in [2.45, 2.75) is 6.42 Å². The molecular formula is C10H13ClN4O2. The molecule has 0 radical (unpaired) electrons. The molecule has 0 fully saturated rings. The SMILES string of the molecule is CN(C)c1ccc2[nH]c(CC(=O)O)nc2n1.Cl. The molecule has 0 saturated carbocycles. The Morgan fingerprint density at radius 2 is 2.12 bits per heavy atom. The monoisotopic (exact) mass is 256 g/mol. The minimum Gasteiger partial charge on any atom is -0.481 e. The van der Waals surface area contributed by atoms with Gasteiger partial charge < -0.3 is 15.0 Å². The third kappa shape index (κ3) is 2.85. The lowest BCUT2D eigenvalue weighted by atomic mass is 10.4. The fourth-order valence-corrected chi connectivity index (χ4v) is 1.41. The summed E-state index contributed by atoms with van der Waals surface area (Å²) in [6.07, 6.45) is -0.117. The van der Waals surface area contributed by atoms with Gasteiger partial charge in [0.15, 0.2) is 5.65 Å². The van der Waals surface area contributed by atoms with Gasteiger partial charge in [0.05, 0.1) is 5.52 Å². The summed E-state index contributed by atoms with van der Waals surface area (Å²) in [4.78, 5) is 23.7. The molecule has 0 aliphatic heterocycles. The van der Waals surface area contributed by atoms with E-state index in [9.17, 15) is 4.79 Å². The lowest BCUT2D eigenvalue weighted by Gasteiger charge is -2.09. The van der Waals surface area contributed by atoms with Gasteiger partial charge in [0.25, 0.3) is 0 Å². The maximum absolute atomic E-state index is 10.5. The quantitative estimate of drug-likeness (QED) is 0.859. The van der Waals surface area contributed by atoms with E-state index in [0.717, 1.165) is 11.3 Å². The second-order valence-corrected chi connectivity index (χ2v) is 3.69. The number of imidazole rings is 1. The normalized spacial score (nSPS) is 10.0. The van der Waals surface area contributed by atoms with Gasteiger partial charge in [-0.15, -0.1) is 12.4 Å². The Hall–Kier alpha value is -1.82. The van der Waals surface area contributed by atoms with Crippen LogP contribution in [-0.4, -0.2) is 40.1 Å². The predicted molar refractivity (Wildman–Crippen MR) is 66.8 cm³/mol. The summed E-state index contributed by atoms with van der Waals surface area (Å²) < 4.78 is 0. The Bertz CT molecular complexity index is 538. The number of pyridine rings is 1. The first kappa shape index (κ1) is 13.2. The fourth-order valence-electron chi connectivity index (χ4n) is 1.41. The molecule has 2 heterocycles. The molecule has 2 N–H and O–H groups in total. The number of carboxylic acid groups (broad SMARTS) is 1. The van der Waals surface area contributed by atoms with Gasteiger partial charge in [-0.1, -0.05) is 0 Å². The van der Waals surface area contributed by atoms with Crippen LogP contribution in [0.5, 0.6) is 0 Å². The van der Waals surface area contributed by atoms with Crippen LogP contribution < -0.4 is 4.90 Å². The molecule has 2 rings (SSSR count). The van der Waals surface area contributed by atoms with Crippen LogP contribution in [0.25, 0.3) is 11.2 Å². The number of H-pyrrole nitrogens is 1. The highest BCUT2D eigenvalue weighted by Gasteiger charge is 2.08. The minimum atomic E-state index is -0.910. The van der Waals surface area contributed by atoms with E-state index in [1.807, 2.05) is 31.1 Å². The Balaban J connectivity index is 0.00000144. The standard InChI is InChI=1S/C10H12N4O2.ClH/c1-14(2)8-4-3-6-10(13-8)12-7(11-6)5-9(15)16;/h3-4H,5H2,1-2H3,(H,15,16)(H,11,12,13);1H. The van der Waals surface area contributed by atoms with E-state index in [4.69, 9.17) is 5.11 Å². The topological polar surface area (TPSA) is 82.1 Å². The van der Waals surface area contributed by atoms with Gasteiger partial charge in [-0.25, -0.2) is 9.97 Å². The zero-order valence-electron chi connectivity index (χ0n) is 9.47. The Kier molecular flexibility index (Phi) is 3.90. The first-order chi connectivity index (χ1) is 7.56. The molecule has 0 spiro atoms. The number of fused-ring (bicyclic) bond motifs is 1. The zero-order chi connectivity index (χ0) is 11.7. The van der Waals surface area contributed by atoms with Crippen LogP contribution >= 0.6 is 12.4 Å². The van der Waals surface area contributed by atoms with E-state index >= 15 is 0 Å². The number of anilines is 1. The molecule has 0 aromatic carbocycles. The second kappa shape index (κ2) is 5.01. The van der Waals surface area contributed by atoms with Crippen molar-refractivity contribution in [3.05, 3.63) is 18.0 Å². The molecule has 92 valence electrons. The van der Waals surface area contributed by atoms with Crippen molar-refractivity contribution >= 4 is 35.4 Å². The highest BCUT2D eigenvalue weighted by atomic mass is 35.5. The Morgan fingerprint density at radius 3 is 2.71 bits per heavy atom. The van der Waals surface area contributed by atoms with Crippen molar-refractivity contribution in [1.82, 2.24) is 15.0 Å². The van der Waals surface area contributed by atoms with E-state index < -0.39 is 5.97 Å². The van der Waals surface area contributed by atoms with Crippen LogP contribution in [0, 0.1) is 0 Å². The largest absolute Gasteiger partial charge is 0.481 e. The average Bonchev–Trinajstić information content (AvgIpc) is 2.56. The van der Waals surface area contributed by atoms with Crippen LogP contribution in [0.2, 0.25) is 0 Å². The summed E-state index contributed by atoms with van der Waals surface area (Å²) in [5.74, 6) is 0.304. The lowest BCUT2D eigenvalue weighted by Crippen LogP contribution is -2.10. The fraction of sp³-hybridized carbons (Fsp3) is 0.300. The van der Waals surface area contributed by atoms with Crippen molar-refractivity contribution in [1.29, 1.82) is 0 Å². The number of aromatic nitrogens is 3. The summed E-state index contributed by atoms with van der Waals surface area (Å²) in [5.41, 5.74) is 1.30. The number of hydrogen-bond donors (Lipinski definition) is 2. The predicted octanol–water partition coefficient (Wildman–Crippen LogP) is 1.07. The van der Waals surface area contributed by atoms with Gasteiger partial charge >= 0.3 is 5.97 Å². The summed E-state index contributed by atoms with van der Waals surface area (Å²) in [7, 11) is 3.78. The van der Waals surface area contributed by atoms with Gasteiger partial charge in [0.2, 0.25) is 0 Å². The van der Waals surface area contributed by atoms with Gasteiger partial charge in [-0.3, -0.25) is 4.79 Å². The van der Waals surface area contributed by atoms with Crippen LogP contribution in [0.3, 0.4) is 0 Å². The van der Waals surface area contributed by atoms with Crippen molar-refractivity contribution < 1.29 is 9.90 Å². The summed E-state index contributed by atoms with van der Waals surface area (Å²) in [6.45, 7) is 0. The second-order valence-electron chi connectivity index (χ2n) is 3.69. The molecular weight excluding hydrogens is 244 g/mol. The molecule has 7 heteroatoms. The van der Waals surface area contributed by atoms with Crippen LogP contribution in [0.1, 0.15) is 5.82 Å². The maximum atomic E-state index is 10.5. The van der Waals surface area contributed by atoms with Gasteiger partial charge in [-0.05, 0) is 12.1 Å². The van der Waals surface area contributed by atoms with Crippen LogP contribution in [-0.2, 0) is 11.2 Å². The molecule has 0 saturated heterocycles. The minimum absolute atomic E-state index is 0. The smallest absolute Gasteiger partial charge is 0.311 e. The van der Waals surface area contributed by atoms with Crippen LogP contribution in [0.4, 0.5) is 5.82 Å². The molecule has 0 unspecified atom stereocenters. The van der Waals surface area contributed by atoms with Crippen molar-refractivity contribution in [2.24, 2.45) is 0 Å². The maximum Gasteiger partial charge on any atom is 0.311 e. The number of aliphatic carboxylic acids is 1. The first-order valence-corrected chi connectivity index (χ1v) is 4.81. The van der Waals surface area contributed by atoms with Gasteiger partial charge in [-0.2, -0.15) is 0 Å². The average molecular weight is 257 g/mol. The first-order valence-electron chi connectivity index (χ1n) is 4.81. The third-order valence-electron chi connectivity index (χ3n) is 2.16. The molecule has 0 aliphatic rings. The lowest BCUT2D eigenvalue weighted by molar-refractivity contribution is -0.136. The van der Waals surface area contributed by atoms with E-state index in [1.54, 1.807) is 0 Å². The Labute approximate surface area is 104 Å². The number of carbonyl (C=O) groups is 1. The molecule has 17 heavy (non-hydrogen) atoms. The zero-order valence-corrected chi connectivity index (χ0v) is 10.3. The molecule has 6 nitrogen and oxygen atoms in total.